The number of nitrogens with one attached hydrogen (secondary N) is 2. The molecule has 2 aromatic rings. The molecular weight excluding hydrogens is 324 g/mol. The zero-order chi connectivity index (χ0) is 18.6. The van der Waals surface area contributed by atoms with Crippen LogP contribution in [0.2, 0.25) is 0 Å². The van der Waals surface area contributed by atoms with Gasteiger partial charge in [-0.1, -0.05) is 38.1 Å². The van der Waals surface area contributed by atoms with E-state index >= 15 is 0 Å². The summed E-state index contributed by atoms with van der Waals surface area (Å²) in [5.41, 5.74) is 2.30. The van der Waals surface area contributed by atoms with E-state index in [0.29, 0.717) is 25.6 Å². The van der Waals surface area contributed by atoms with Crippen LogP contribution in [0, 0.1) is 0 Å². The lowest BCUT2D eigenvalue weighted by molar-refractivity contribution is 0.317. The molecule has 0 fully saturated rings. The average molecular weight is 354 g/mol. The molecule has 0 saturated heterocycles. The van der Waals surface area contributed by atoms with Gasteiger partial charge < -0.3 is 15.4 Å². The highest BCUT2D eigenvalue weighted by Gasteiger charge is 2.06. The second kappa shape index (κ2) is 11.1. The van der Waals surface area contributed by atoms with Crippen LogP contribution in [-0.2, 0) is 6.42 Å². The first-order chi connectivity index (χ1) is 12.7. The predicted octanol–water partition coefficient (Wildman–Crippen LogP) is 3.38. The maximum Gasteiger partial charge on any atom is 0.191 e. The van der Waals surface area contributed by atoms with Crippen LogP contribution in [0.25, 0.3) is 0 Å². The fourth-order valence-corrected chi connectivity index (χ4v) is 2.59. The van der Waals surface area contributed by atoms with Gasteiger partial charge in [0.05, 0.1) is 6.54 Å². The predicted molar refractivity (Wildman–Crippen MR) is 108 cm³/mol. The normalized spacial score (nSPS) is 11.5. The van der Waals surface area contributed by atoms with Crippen LogP contribution in [0.4, 0.5) is 0 Å². The van der Waals surface area contributed by atoms with Crippen LogP contribution in [0.5, 0.6) is 5.75 Å². The van der Waals surface area contributed by atoms with E-state index in [1.807, 2.05) is 36.5 Å². The summed E-state index contributed by atoms with van der Waals surface area (Å²) in [7, 11) is 0. The second-order valence-electron chi connectivity index (χ2n) is 6.30. The molecule has 1 aromatic carbocycles. The maximum atomic E-state index is 5.95. The Morgan fingerprint density at radius 1 is 1.12 bits per heavy atom. The molecule has 1 aromatic heterocycles. The van der Waals surface area contributed by atoms with Gasteiger partial charge in [-0.05, 0) is 36.6 Å². The molecule has 0 amide bonds. The number of rotatable bonds is 9. The van der Waals surface area contributed by atoms with E-state index in [-0.39, 0.29) is 0 Å². The Bertz CT molecular complexity index is 671. The first-order valence-electron chi connectivity index (χ1n) is 9.34. The lowest BCUT2D eigenvalue weighted by Crippen LogP contribution is -2.39. The number of hydrogen-bond donors (Lipinski definition) is 2. The van der Waals surface area contributed by atoms with Crippen molar-refractivity contribution in [2.45, 2.75) is 33.1 Å². The number of aliphatic imine (C=N–C) groups is 1. The number of nitrogens with zero attached hydrogens (tertiary/aromatic N) is 2. The third-order valence-corrected chi connectivity index (χ3v) is 3.90. The molecule has 5 heteroatoms. The molecule has 0 aliphatic rings. The lowest BCUT2D eigenvalue weighted by atomic mass is 10.0. The number of guanidine groups is 1. The van der Waals surface area contributed by atoms with Gasteiger partial charge in [0.2, 0.25) is 0 Å². The monoisotopic (exact) mass is 354 g/mol. The van der Waals surface area contributed by atoms with Crippen LogP contribution in [0.3, 0.4) is 0 Å². The molecule has 0 bridgehead atoms. The third-order valence-electron chi connectivity index (χ3n) is 3.90. The molecule has 1 heterocycles. The number of aromatic nitrogens is 1. The highest BCUT2D eigenvalue weighted by Crippen LogP contribution is 2.25. The minimum Gasteiger partial charge on any atom is -0.491 e. The quantitative estimate of drug-likeness (QED) is 0.412. The molecule has 140 valence electrons. The van der Waals surface area contributed by atoms with E-state index < -0.39 is 0 Å². The van der Waals surface area contributed by atoms with Crippen LogP contribution in [0.1, 0.15) is 37.9 Å². The SMILES string of the molecule is CCNC(=NCCc1ccccn1)NCCOc1ccccc1C(C)C. The standard InChI is InChI=1S/C21H30N4O/c1-4-22-21(24-14-12-18-9-7-8-13-23-18)25-15-16-26-20-11-6-5-10-19(20)17(2)3/h5-11,13,17H,4,12,14-16H2,1-3H3,(H2,22,24,25). The number of pyridine rings is 1. The van der Waals surface area contributed by atoms with Gasteiger partial charge in [0, 0.05) is 31.4 Å². The summed E-state index contributed by atoms with van der Waals surface area (Å²) in [6.07, 6.45) is 2.64. The Morgan fingerprint density at radius 3 is 2.65 bits per heavy atom. The van der Waals surface area contributed by atoms with Gasteiger partial charge in [-0.15, -0.1) is 0 Å². The van der Waals surface area contributed by atoms with Crippen LogP contribution >= 0.6 is 0 Å². The van der Waals surface area contributed by atoms with Crippen molar-refractivity contribution in [1.82, 2.24) is 15.6 Å². The smallest absolute Gasteiger partial charge is 0.191 e. The molecule has 0 atom stereocenters. The van der Waals surface area contributed by atoms with E-state index in [1.54, 1.807) is 0 Å². The van der Waals surface area contributed by atoms with E-state index in [1.165, 1.54) is 5.56 Å². The molecular formula is C21H30N4O. The molecule has 0 aliphatic carbocycles. The van der Waals surface area contributed by atoms with E-state index in [2.05, 4.69) is 53.5 Å². The van der Waals surface area contributed by atoms with Crippen molar-refractivity contribution in [2.24, 2.45) is 4.99 Å². The van der Waals surface area contributed by atoms with Crippen molar-refractivity contribution in [2.75, 3.05) is 26.2 Å². The first-order valence-corrected chi connectivity index (χ1v) is 9.34. The highest BCUT2D eigenvalue weighted by atomic mass is 16.5. The Balaban J connectivity index is 1.78. The van der Waals surface area contributed by atoms with Gasteiger partial charge >= 0.3 is 0 Å². The summed E-state index contributed by atoms with van der Waals surface area (Å²) < 4.78 is 5.95. The maximum absolute atomic E-state index is 5.95. The molecule has 0 aliphatic heterocycles. The summed E-state index contributed by atoms with van der Waals surface area (Å²) >= 11 is 0. The van der Waals surface area contributed by atoms with Crippen molar-refractivity contribution in [3.8, 4) is 5.75 Å². The Labute approximate surface area is 156 Å². The number of para-hydroxylation sites is 1. The average Bonchev–Trinajstić information content (AvgIpc) is 2.66. The molecule has 0 spiro atoms. The van der Waals surface area contributed by atoms with Gasteiger partial charge in [-0.2, -0.15) is 0 Å². The Morgan fingerprint density at radius 2 is 1.92 bits per heavy atom. The lowest BCUT2D eigenvalue weighted by Gasteiger charge is -2.15. The minimum absolute atomic E-state index is 0.449. The van der Waals surface area contributed by atoms with Crippen LogP contribution < -0.4 is 15.4 Å². The fraction of sp³-hybridized carbons (Fsp3) is 0.429. The summed E-state index contributed by atoms with van der Waals surface area (Å²) in [5, 5.41) is 6.58. The number of benzene rings is 1. The van der Waals surface area contributed by atoms with E-state index in [0.717, 1.165) is 30.4 Å². The summed E-state index contributed by atoms with van der Waals surface area (Å²) in [6, 6.07) is 14.2. The molecule has 0 radical (unpaired) electrons. The minimum atomic E-state index is 0.449. The van der Waals surface area contributed by atoms with Gasteiger partial charge in [0.25, 0.3) is 0 Å². The van der Waals surface area contributed by atoms with Crippen molar-refractivity contribution in [3.05, 3.63) is 59.9 Å². The van der Waals surface area contributed by atoms with Crippen molar-refractivity contribution < 1.29 is 4.74 Å². The second-order valence-corrected chi connectivity index (χ2v) is 6.30. The number of hydrogen-bond acceptors (Lipinski definition) is 3. The molecule has 2 N–H and O–H groups in total. The molecule has 2 rings (SSSR count). The topological polar surface area (TPSA) is 58.5 Å². The first kappa shape index (κ1) is 19.8. The summed E-state index contributed by atoms with van der Waals surface area (Å²) in [6.45, 7) is 9.23. The van der Waals surface area contributed by atoms with Gasteiger partial charge in [-0.3, -0.25) is 9.98 Å². The zero-order valence-corrected chi connectivity index (χ0v) is 16.0. The van der Waals surface area contributed by atoms with Crippen molar-refractivity contribution in [1.29, 1.82) is 0 Å². The van der Waals surface area contributed by atoms with Gasteiger partial charge in [0.1, 0.15) is 12.4 Å². The van der Waals surface area contributed by atoms with Gasteiger partial charge in [-0.25, -0.2) is 0 Å². The Hall–Kier alpha value is -2.56. The number of ether oxygens (including phenoxy) is 1. The summed E-state index contributed by atoms with van der Waals surface area (Å²) in [4.78, 5) is 8.92. The summed E-state index contributed by atoms with van der Waals surface area (Å²) in [5.74, 6) is 2.22. The molecule has 0 saturated carbocycles. The molecule has 26 heavy (non-hydrogen) atoms. The zero-order valence-electron chi connectivity index (χ0n) is 16.0. The van der Waals surface area contributed by atoms with Crippen molar-refractivity contribution in [3.63, 3.8) is 0 Å². The Kier molecular flexibility index (Phi) is 8.46. The van der Waals surface area contributed by atoms with E-state index in [9.17, 15) is 0 Å². The van der Waals surface area contributed by atoms with Gasteiger partial charge in [0.15, 0.2) is 5.96 Å². The molecule has 0 unspecified atom stereocenters. The fourth-order valence-electron chi connectivity index (χ4n) is 2.59. The highest BCUT2D eigenvalue weighted by molar-refractivity contribution is 5.79. The van der Waals surface area contributed by atoms with Crippen LogP contribution in [0.15, 0.2) is 53.7 Å². The van der Waals surface area contributed by atoms with Crippen molar-refractivity contribution >= 4 is 5.96 Å². The van der Waals surface area contributed by atoms with E-state index in [4.69, 9.17) is 4.74 Å². The third kappa shape index (κ3) is 6.75. The van der Waals surface area contributed by atoms with Crippen LogP contribution in [-0.4, -0.2) is 37.2 Å². The largest absolute Gasteiger partial charge is 0.491 e. The molecule has 5 nitrogen and oxygen atoms in total.